The number of rotatable bonds is 3. The Morgan fingerprint density at radius 2 is 2.14 bits per heavy atom. The Bertz CT molecular complexity index is 824. The first-order valence-corrected chi connectivity index (χ1v) is 6.29. The quantitative estimate of drug-likeness (QED) is 0.944. The van der Waals surface area contributed by atoms with Gasteiger partial charge in [0.1, 0.15) is 5.56 Å². The maximum atomic E-state index is 13.9. The van der Waals surface area contributed by atoms with Crippen molar-refractivity contribution in [3.05, 3.63) is 39.7 Å². The van der Waals surface area contributed by atoms with Crippen LogP contribution in [0, 0.1) is 11.6 Å². The van der Waals surface area contributed by atoms with Crippen LogP contribution >= 0.6 is 0 Å². The van der Waals surface area contributed by atoms with Crippen molar-refractivity contribution in [2.75, 3.05) is 7.11 Å². The number of carboxylic acid groups (broad SMARTS) is 1. The van der Waals surface area contributed by atoms with Crippen molar-refractivity contribution in [3.8, 4) is 5.75 Å². The van der Waals surface area contributed by atoms with E-state index in [0.717, 1.165) is 18.9 Å². The molecule has 21 heavy (non-hydrogen) atoms. The minimum Gasteiger partial charge on any atom is -0.491 e. The maximum Gasteiger partial charge on any atom is 0.341 e. The zero-order valence-electron chi connectivity index (χ0n) is 11.0. The number of aromatic nitrogens is 1. The molecule has 110 valence electrons. The van der Waals surface area contributed by atoms with Gasteiger partial charge in [-0.2, -0.15) is 4.39 Å². The molecule has 0 spiro atoms. The van der Waals surface area contributed by atoms with Gasteiger partial charge in [-0.25, -0.2) is 9.18 Å². The summed E-state index contributed by atoms with van der Waals surface area (Å²) in [5.74, 6) is -4.23. The highest BCUT2D eigenvalue weighted by Gasteiger charge is 2.30. The number of hydrogen-bond acceptors (Lipinski definition) is 3. The highest BCUT2D eigenvalue weighted by atomic mass is 19.2. The predicted molar refractivity (Wildman–Crippen MR) is 69.9 cm³/mol. The minimum atomic E-state index is -1.40. The number of halogens is 2. The second-order valence-corrected chi connectivity index (χ2v) is 4.92. The lowest BCUT2D eigenvalue weighted by atomic mass is 10.2. The van der Waals surface area contributed by atoms with Crippen LogP contribution in [-0.2, 0) is 0 Å². The van der Waals surface area contributed by atoms with Gasteiger partial charge in [-0.1, -0.05) is 0 Å². The SMILES string of the molecule is COc1c(F)c(F)cc2c(=O)[14c](C(=O)O)cn(C3CC3)c12. The number of nitrogens with zero attached hydrogens (tertiary/aromatic N) is 1. The van der Waals surface area contributed by atoms with E-state index in [2.05, 4.69) is 0 Å². The van der Waals surface area contributed by atoms with Gasteiger partial charge in [0.15, 0.2) is 11.6 Å². The average molecular weight is 297 g/mol. The minimum absolute atomic E-state index is 0.0371. The molecule has 1 saturated carbocycles. The Morgan fingerprint density at radius 3 is 2.67 bits per heavy atom. The van der Waals surface area contributed by atoms with Gasteiger partial charge in [0.2, 0.25) is 11.2 Å². The number of benzene rings is 1. The fraction of sp³-hybridized carbons (Fsp3) is 0.286. The van der Waals surface area contributed by atoms with Crippen molar-refractivity contribution in [1.82, 2.24) is 4.57 Å². The van der Waals surface area contributed by atoms with Crippen molar-refractivity contribution < 1.29 is 23.4 Å². The van der Waals surface area contributed by atoms with E-state index in [9.17, 15) is 18.4 Å². The van der Waals surface area contributed by atoms with E-state index in [1.54, 1.807) is 0 Å². The lowest BCUT2D eigenvalue weighted by Crippen LogP contribution is -2.19. The average Bonchev–Trinajstić information content (AvgIpc) is 3.26. The number of carbonyl (C=O) groups is 1. The summed E-state index contributed by atoms with van der Waals surface area (Å²) in [6.45, 7) is 0. The third-order valence-electron chi connectivity index (χ3n) is 3.54. The summed E-state index contributed by atoms with van der Waals surface area (Å²) in [7, 11) is 1.17. The fourth-order valence-electron chi connectivity index (χ4n) is 2.41. The van der Waals surface area contributed by atoms with Crippen LogP contribution in [0.2, 0.25) is 0 Å². The first-order valence-electron chi connectivity index (χ1n) is 6.29. The number of aromatic carboxylic acids is 1. The number of hydrogen-bond donors (Lipinski definition) is 1. The third-order valence-corrected chi connectivity index (χ3v) is 3.54. The topological polar surface area (TPSA) is 68.5 Å². The summed E-state index contributed by atoms with van der Waals surface area (Å²) >= 11 is 0. The summed E-state index contributed by atoms with van der Waals surface area (Å²) in [5.41, 5.74) is -1.23. The molecule has 0 radical (unpaired) electrons. The molecule has 5 nitrogen and oxygen atoms in total. The molecule has 2 aromatic rings. The Morgan fingerprint density at radius 1 is 1.48 bits per heavy atom. The van der Waals surface area contributed by atoms with Gasteiger partial charge in [0.05, 0.1) is 18.0 Å². The van der Waals surface area contributed by atoms with Gasteiger partial charge in [-0.15, -0.1) is 0 Å². The number of pyridine rings is 1. The Kier molecular flexibility index (Phi) is 2.93. The number of fused-ring (bicyclic) bond motifs is 1. The number of ether oxygens (including phenoxy) is 1. The van der Waals surface area contributed by atoms with Gasteiger partial charge >= 0.3 is 5.97 Å². The molecule has 0 saturated heterocycles. The molecule has 1 aliphatic rings. The van der Waals surface area contributed by atoms with E-state index < -0.39 is 28.6 Å². The number of methoxy groups -OCH3 is 1. The first-order chi connectivity index (χ1) is 9.95. The van der Waals surface area contributed by atoms with E-state index in [1.165, 1.54) is 17.9 Å². The zero-order chi connectivity index (χ0) is 15.3. The van der Waals surface area contributed by atoms with Crippen molar-refractivity contribution >= 4 is 16.9 Å². The van der Waals surface area contributed by atoms with Crippen molar-refractivity contribution in [2.45, 2.75) is 18.9 Å². The molecule has 1 aliphatic carbocycles. The highest BCUT2D eigenvalue weighted by molar-refractivity contribution is 5.94. The van der Waals surface area contributed by atoms with E-state index in [4.69, 9.17) is 9.84 Å². The van der Waals surface area contributed by atoms with E-state index in [0.29, 0.717) is 0 Å². The highest BCUT2D eigenvalue weighted by Crippen LogP contribution is 2.40. The molecule has 1 N–H and O–H groups in total. The molecule has 0 bridgehead atoms. The summed E-state index contributed by atoms with van der Waals surface area (Å²) in [6, 6.07) is 0.686. The van der Waals surface area contributed by atoms with Crippen LogP contribution in [0.15, 0.2) is 17.1 Å². The van der Waals surface area contributed by atoms with Crippen LogP contribution in [0.5, 0.6) is 5.75 Å². The molecule has 1 aromatic carbocycles. The standard InChI is InChI=1S/C14H11F2NO4/c1-21-13-10(16)9(15)4-7-11(13)17(6-2-3-6)5-8(12(7)18)14(19)20/h4-6H,2-3H2,1H3,(H,19,20)/i8+2. The molecule has 1 heterocycles. The molecule has 0 amide bonds. The van der Waals surface area contributed by atoms with E-state index >= 15 is 0 Å². The largest absolute Gasteiger partial charge is 0.491 e. The Balaban J connectivity index is 2.52. The second kappa shape index (κ2) is 4.54. The van der Waals surface area contributed by atoms with Gasteiger partial charge in [-0.05, 0) is 18.9 Å². The third kappa shape index (κ3) is 1.96. The van der Waals surface area contributed by atoms with Crippen LogP contribution in [0.1, 0.15) is 29.2 Å². The van der Waals surface area contributed by atoms with Gasteiger partial charge in [-0.3, -0.25) is 4.79 Å². The number of carboxylic acids is 1. The van der Waals surface area contributed by atoms with Crippen molar-refractivity contribution in [3.63, 3.8) is 0 Å². The summed E-state index contributed by atoms with van der Waals surface area (Å²) in [6.07, 6.45) is 2.73. The molecule has 7 heteroatoms. The van der Waals surface area contributed by atoms with E-state index in [1.807, 2.05) is 0 Å². The molecule has 0 atom stereocenters. The molecule has 1 fully saturated rings. The fourth-order valence-corrected chi connectivity index (χ4v) is 2.41. The van der Waals surface area contributed by atoms with Gasteiger partial charge in [0.25, 0.3) is 0 Å². The molecule has 0 aliphatic heterocycles. The molecular weight excluding hydrogens is 286 g/mol. The van der Waals surface area contributed by atoms with Crippen LogP contribution in [0.25, 0.3) is 10.9 Å². The summed E-state index contributed by atoms with van der Waals surface area (Å²) in [4.78, 5) is 23.3. The first kappa shape index (κ1) is 13.5. The van der Waals surface area contributed by atoms with Crippen LogP contribution in [0.4, 0.5) is 8.78 Å². The van der Waals surface area contributed by atoms with Crippen LogP contribution < -0.4 is 10.2 Å². The molecule has 0 unspecified atom stereocenters. The van der Waals surface area contributed by atoms with Crippen LogP contribution in [0.3, 0.4) is 0 Å². The zero-order valence-corrected chi connectivity index (χ0v) is 11.0. The monoisotopic (exact) mass is 297 g/mol. The molecule has 1 aromatic heterocycles. The molecule has 3 rings (SSSR count). The normalized spacial score (nSPS) is 14.4. The summed E-state index contributed by atoms with van der Waals surface area (Å²) < 4.78 is 33.8. The lowest BCUT2D eigenvalue weighted by molar-refractivity contribution is 0.0695. The van der Waals surface area contributed by atoms with Gasteiger partial charge < -0.3 is 14.4 Å². The smallest absolute Gasteiger partial charge is 0.341 e. The second-order valence-electron chi connectivity index (χ2n) is 4.92. The van der Waals surface area contributed by atoms with Crippen molar-refractivity contribution in [1.29, 1.82) is 0 Å². The Hall–Kier alpha value is -2.44. The van der Waals surface area contributed by atoms with E-state index in [-0.39, 0.29) is 22.7 Å². The lowest BCUT2D eigenvalue weighted by Gasteiger charge is -2.15. The molecular formula is C14H11F2NO4. The Labute approximate surface area is 117 Å². The summed E-state index contributed by atoms with van der Waals surface area (Å²) in [5, 5.41) is 8.89. The van der Waals surface area contributed by atoms with Crippen molar-refractivity contribution in [2.24, 2.45) is 0 Å². The van der Waals surface area contributed by atoms with Crippen LogP contribution in [-0.4, -0.2) is 22.8 Å². The van der Waals surface area contributed by atoms with Gasteiger partial charge in [0, 0.05) is 12.2 Å². The maximum absolute atomic E-state index is 13.9. The predicted octanol–water partition coefficient (Wildman–Crippen LogP) is 2.32.